The first-order valence-corrected chi connectivity index (χ1v) is 36.3. The van der Waals surface area contributed by atoms with Gasteiger partial charge in [-0.05, 0) is 255 Å². The summed E-state index contributed by atoms with van der Waals surface area (Å²) in [7, 11) is 0. The van der Waals surface area contributed by atoms with Gasteiger partial charge < -0.3 is 78.1 Å². The maximum atomic E-state index is 12.8. The smallest absolute Gasteiger partial charge is 0.546 e. The molecule has 9 aliphatic carbocycles. The molecule has 0 radical (unpaired) electrons. The van der Waals surface area contributed by atoms with E-state index >= 15 is 0 Å². The zero-order valence-electron chi connectivity index (χ0n) is 61.5. The van der Waals surface area contributed by atoms with Gasteiger partial charge in [0.05, 0.1) is 24.3 Å². The van der Waals surface area contributed by atoms with Crippen LogP contribution in [0.25, 0.3) is 0 Å². The minimum atomic E-state index is -2.14. The van der Waals surface area contributed by atoms with Crippen LogP contribution in [0, 0.1) is 51.8 Å². The summed E-state index contributed by atoms with van der Waals surface area (Å²) in [4.78, 5) is 137. The Labute approximate surface area is 636 Å². The zero-order chi connectivity index (χ0) is 76.5. The molecule has 0 amide bonds. The van der Waals surface area contributed by atoms with Gasteiger partial charge in [-0.25, -0.2) is 24.0 Å². The molecule has 106 heavy (non-hydrogen) atoms. The van der Waals surface area contributed by atoms with E-state index in [1.54, 1.807) is 24.3 Å². The van der Waals surface area contributed by atoms with Gasteiger partial charge in [-0.3, -0.25) is 28.8 Å². The van der Waals surface area contributed by atoms with E-state index in [2.05, 4.69) is 45.8 Å². The Hall–Kier alpha value is -7.82. The van der Waals surface area contributed by atoms with E-state index in [0.29, 0.717) is 53.1 Å². The molecule has 1 saturated heterocycles. The normalized spacial score (nSPS) is 31.8. The molecule has 13 rings (SSSR count). The molecule has 27 nitrogen and oxygen atoms in total. The van der Waals surface area contributed by atoms with Crippen LogP contribution in [-0.4, -0.2) is 152 Å². The van der Waals surface area contributed by atoms with Crippen molar-refractivity contribution in [2.24, 2.45) is 51.8 Å². The summed E-state index contributed by atoms with van der Waals surface area (Å²) in [5, 5.41) is 62.0. The van der Waals surface area contributed by atoms with Gasteiger partial charge in [-0.1, -0.05) is 39.0 Å². The summed E-state index contributed by atoms with van der Waals surface area (Å²) in [5.74, 6) is -7.60. The fourth-order valence-corrected chi connectivity index (χ4v) is 19.8. The maximum Gasteiger partial charge on any atom is 1.00 e. The number of aryl methyl sites for hydroxylation is 3. The van der Waals surface area contributed by atoms with E-state index in [4.69, 9.17) is 23.7 Å². The van der Waals surface area contributed by atoms with Gasteiger partial charge in [0.15, 0.2) is 6.10 Å². The summed E-state index contributed by atoms with van der Waals surface area (Å²) in [6, 6.07) is 16.7. The van der Waals surface area contributed by atoms with E-state index in [0.717, 1.165) is 155 Å². The Kier molecular flexibility index (Phi) is 26.2. The van der Waals surface area contributed by atoms with Crippen molar-refractivity contribution < 1.29 is 160 Å². The molecule has 7 fully saturated rings. The van der Waals surface area contributed by atoms with Crippen molar-refractivity contribution in [1.82, 2.24) is 0 Å². The quantitative estimate of drug-likeness (QED) is 0.0504. The predicted octanol–water partition coefficient (Wildman–Crippen LogP) is 3.73. The van der Waals surface area contributed by atoms with Gasteiger partial charge in [0.1, 0.15) is 17.2 Å². The van der Waals surface area contributed by atoms with Crippen molar-refractivity contribution in [2.45, 2.75) is 251 Å². The number of phenols is 1. The Bertz CT molecular complexity index is 3690. The predicted molar refractivity (Wildman–Crippen MR) is 361 cm³/mol. The van der Waals surface area contributed by atoms with Crippen LogP contribution in [-0.2, 0) is 110 Å². The van der Waals surface area contributed by atoms with E-state index in [1.165, 1.54) is 41.5 Å². The molecule has 0 aromatic heterocycles. The molecule has 0 spiro atoms. The number of esters is 10. The fraction of sp³-hybridized carbons (Fsp3) is 0.615. The molecule has 3 aromatic carbocycles. The topological polar surface area (TPSA) is 412 Å². The molecule has 21 atom stereocenters. The van der Waals surface area contributed by atoms with Crippen LogP contribution in [0.4, 0.5) is 0 Å². The van der Waals surface area contributed by atoms with Gasteiger partial charge in [0.2, 0.25) is 30.5 Å². The fourth-order valence-electron chi connectivity index (χ4n) is 19.8. The van der Waals surface area contributed by atoms with E-state index in [-0.39, 0.29) is 75.6 Å². The van der Waals surface area contributed by atoms with Gasteiger partial charge in [-0.2, -0.15) is 0 Å². The Morgan fingerprint density at radius 1 is 0.443 bits per heavy atom. The molecule has 6 saturated carbocycles. The number of carbonyl (C=O) groups excluding carboxylic acids is 11. The SMILES string of the molecule is CC(=O)O[C@@H]1C(=O)OC(=O)[C@H]1OC(C)=O.CC(=O)O[C@H](C(=O)O)[C@@H](OC(C)=O)C(=O)Oc1ccc2c(c1)CCC1C2CC[C@@]2(C)C1CC[C@@H]2O.CC(=O)O[C@H](C(=O)[O-])[C@@H](OC(C)=O)C(=O)Oc1ccc2c(c1)CCC1C2CC[C@@]2(C)C1CC[C@@H]2O.C[C@]12CCC3c4ccc(O)cc4CCC3C1CC[C@@H]2O.[Na+]. The number of cyclic esters (lactones) is 2. The molecule has 5 N–H and O–H groups in total. The third kappa shape index (κ3) is 17.5. The minimum absolute atomic E-state index is 0. The molecular weight excluding hydrogens is 1390 g/mol. The number of hydrogen-bond acceptors (Lipinski definition) is 26. The third-order valence-electron chi connectivity index (χ3n) is 24.6. The molecule has 1 heterocycles. The number of carboxylic acids is 2. The molecule has 0 bridgehead atoms. The second-order valence-electron chi connectivity index (χ2n) is 30.7. The van der Waals surface area contributed by atoms with Crippen LogP contribution in [0.2, 0.25) is 0 Å². The summed E-state index contributed by atoms with van der Waals surface area (Å²) >= 11 is 0. The number of carboxylic acid groups (broad SMARTS) is 2. The van der Waals surface area contributed by atoms with Gasteiger partial charge >= 0.3 is 95.2 Å². The average Bonchev–Trinajstić information content (AvgIpc) is 1.50. The van der Waals surface area contributed by atoms with E-state index in [1.807, 2.05) is 24.3 Å². The van der Waals surface area contributed by atoms with Crippen molar-refractivity contribution in [3.05, 3.63) is 88.0 Å². The number of aliphatic hydroxyl groups excluding tert-OH is 3. The Morgan fingerprint density at radius 3 is 1.09 bits per heavy atom. The first-order chi connectivity index (χ1) is 49.5. The number of rotatable bonds is 14. The molecule has 570 valence electrons. The number of hydrogen-bond donors (Lipinski definition) is 5. The first-order valence-electron chi connectivity index (χ1n) is 36.3. The molecule has 1 aliphatic heterocycles. The molecule has 9 unspecified atom stereocenters. The number of aromatic hydroxyl groups is 1. The first kappa shape index (κ1) is 82.2. The van der Waals surface area contributed by atoms with E-state index in [9.17, 15) is 88.2 Å². The number of fused-ring (bicyclic) bond motifs is 15. The number of phenolic OH excluding ortho intramolecular Hbond substituents is 1. The maximum absolute atomic E-state index is 12.8. The Morgan fingerprint density at radius 2 is 0.764 bits per heavy atom. The zero-order valence-corrected chi connectivity index (χ0v) is 63.5. The van der Waals surface area contributed by atoms with E-state index < -0.39 is 108 Å². The van der Waals surface area contributed by atoms with Crippen LogP contribution in [0.3, 0.4) is 0 Å². The monoisotopic (exact) mass is 1490 g/mol. The molecule has 10 aliphatic rings. The molecule has 28 heteroatoms. The third-order valence-corrected chi connectivity index (χ3v) is 24.6. The second kappa shape index (κ2) is 33.8. The van der Waals surface area contributed by atoms with Crippen molar-refractivity contribution in [2.75, 3.05) is 0 Å². The number of carbonyl (C=O) groups is 12. The summed E-state index contributed by atoms with van der Waals surface area (Å²) in [5.41, 5.74) is 7.53. The van der Waals surface area contributed by atoms with Gasteiger partial charge in [-0.15, -0.1) is 0 Å². The van der Waals surface area contributed by atoms with Crippen molar-refractivity contribution in [3.8, 4) is 17.2 Å². The van der Waals surface area contributed by atoms with Crippen LogP contribution in [0.15, 0.2) is 54.6 Å². The van der Waals surface area contributed by atoms with Crippen molar-refractivity contribution in [1.29, 1.82) is 0 Å². The van der Waals surface area contributed by atoms with Crippen molar-refractivity contribution >= 4 is 71.6 Å². The second-order valence-corrected chi connectivity index (χ2v) is 30.7. The number of ether oxygens (including phenoxy) is 9. The summed E-state index contributed by atoms with van der Waals surface area (Å²) in [6.07, 6.45) is 6.53. The van der Waals surface area contributed by atoms with Crippen LogP contribution >= 0.6 is 0 Å². The number of aliphatic carboxylic acids is 2. The largest absolute Gasteiger partial charge is 1.00 e. The molecule has 3 aromatic rings. The minimum Gasteiger partial charge on any atom is -0.546 e. The molecular formula is C78H95NaO27. The number of benzene rings is 3. The summed E-state index contributed by atoms with van der Waals surface area (Å²) < 4.78 is 42.9. The summed E-state index contributed by atoms with van der Waals surface area (Å²) in [6.45, 7) is 12.8. The van der Waals surface area contributed by atoms with Gasteiger partial charge in [0.25, 0.3) is 0 Å². The van der Waals surface area contributed by atoms with Crippen LogP contribution in [0.5, 0.6) is 17.2 Å². The van der Waals surface area contributed by atoms with Crippen molar-refractivity contribution in [3.63, 3.8) is 0 Å². The number of aliphatic hydroxyl groups is 3. The Balaban J connectivity index is 0.000000171. The van der Waals surface area contributed by atoms with Gasteiger partial charge in [0, 0.05) is 41.5 Å². The van der Waals surface area contributed by atoms with Crippen LogP contribution < -0.4 is 44.1 Å². The average molecular weight is 1490 g/mol. The standard InChI is InChI=1S/2C26H32O9.C18H24O2.C8H8O7.Na/c2*1-13(27)33-22(24(30)31)23(34-14(2)28)25(32)35-16-5-7-17-15(12-16)4-6-19-18(17)10-11-26(3)20(19)8-9-21(26)29;1-18-9-8-14-13-5-3-12(19)10-11(13)2-4-15(14)16(18)6-7-17(18)20;1-3(9)13-5-6(14-4(2)10)8(12)15-7(5)11;/h2*5,7,12,18-23,29H,4,6,8-11H2,1-3H3,(H,30,31);3,5,10,14-17,19-20H,2,4,6-9H2,1H3;5-6H,1-2H3;/q;;;;+1/p-1/t2*18?,19?,20?,21-,22-,23+,26-;14?,15?,16?,17-,18-;5-,6-;/m0000./s1. The van der Waals surface area contributed by atoms with Crippen LogP contribution in [0.1, 0.15) is 210 Å².